The summed E-state index contributed by atoms with van der Waals surface area (Å²) < 4.78 is 28.4. The van der Waals surface area contributed by atoms with Gasteiger partial charge in [-0.15, -0.1) is 0 Å². The average Bonchev–Trinajstić information content (AvgIpc) is 2.52. The Morgan fingerprint density at radius 2 is 2.06 bits per heavy atom. The fourth-order valence-electron chi connectivity index (χ4n) is 2.04. The van der Waals surface area contributed by atoms with Crippen molar-refractivity contribution in [1.29, 1.82) is 0 Å². The number of hydrogen-bond donors (Lipinski definition) is 2. The number of hydrogen-bond acceptors (Lipinski definition) is 5. The fourth-order valence-corrected chi connectivity index (χ4v) is 3.70. The number of ether oxygens (including phenoxy) is 1. The number of benzene rings is 1. The van der Waals surface area contributed by atoms with Gasteiger partial charge in [0.1, 0.15) is 18.0 Å². The van der Waals surface area contributed by atoms with Crippen LogP contribution in [0.15, 0.2) is 24.3 Å². The summed E-state index contributed by atoms with van der Waals surface area (Å²) in [5, 5.41) is 9.68. The van der Waals surface area contributed by atoms with Crippen LogP contribution in [0.2, 0.25) is 0 Å². The molecule has 0 aromatic heterocycles. The zero-order valence-corrected chi connectivity index (χ0v) is 10.9. The van der Waals surface area contributed by atoms with Gasteiger partial charge >= 0.3 is 0 Å². The SMILES string of the molecule is CC(N)c1ccccc1OC1CS(=O)(=O)CC1O. The molecule has 100 valence electrons. The second-order valence-corrected chi connectivity index (χ2v) is 6.78. The van der Waals surface area contributed by atoms with E-state index in [1.54, 1.807) is 12.1 Å². The van der Waals surface area contributed by atoms with Crippen molar-refractivity contribution in [2.45, 2.75) is 25.2 Å². The highest BCUT2D eigenvalue weighted by Crippen LogP contribution is 2.27. The molecule has 3 atom stereocenters. The molecule has 3 N–H and O–H groups in total. The third kappa shape index (κ3) is 2.82. The molecule has 0 spiro atoms. The van der Waals surface area contributed by atoms with E-state index >= 15 is 0 Å². The van der Waals surface area contributed by atoms with E-state index in [9.17, 15) is 13.5 Å². The molecule has 6 heteroatoms. The Labute approximate surface area is 106 Å². The molecule has 3 unspecified atom stereocenters. The Morgan fingerprint density at radius 1 is 1.39 bits per heavy atom. The summed E-state index contributed by atoms with van der Waals surface area (Å²) in [6.07, 6.45) is -1.69. The van der Waals surface area contributed by atoms with Gasteiger partial charge in [-0.3, -0.25) is 0 Å². The van der Waals surface area contributed by atoms with Gasteiger partial charge in [-0.25, -0.2) is 8.42 Å². The maximum atomic E-state index is 11.4. The van der Waals surface area contributed by atoms with Crippen LogP contribution >= 0.6 is 0 Å². The molecule has 0 aliphatic carbocycles. The number of nitrogens with two attached hydrogens (primary N) is 1. The molecule has 0 bridgehead atoms. The minimum atomic E-state index is -3.20. The van der Waals surface area contributed by atoms with Crippen LogP contribution in [0.3, 0.4) is 0 Å². The van der Waals surface area contributed by atoms with Crippen molar-refractivity contribution >= 4 is 9.84 Å². The first-order chi connectivity index (χ1) is 8.39. The van der Waals surface area contributed by atoms with Crippen LogP contribution in [0.25, 0.3) is 0 Å². The minimum Gasteiger partial charge on any atom is -0.486 e. The number of sulfone groups is 1. The van der Waals surface area contributed by atoms with Crippen molar-refractivity contribution in [2.24, 2.45) is 5.73 Å². The summed E-state index contributed by atoms with van der Waals surface area (Å²) in [6.45, 7) is 1.82. The van der Waals surface area contributed by atoms with Gasteiger partial charge in [0, 0.05) is 11.6 Å². The highest BCUT2D eigenvalue weighted by Gasteiger charge is 2.38. The molecular formula is C12H17NO4S. The van der Waals surface area contributed by atoms with Crippen LogP contribution in [0.1, 0.15) is 18.5 Å². The lowest BCUT2D eigenvalue weighted by molar-refractivity contribution is 0.0729. The first-order valence-corrected chi connectivity index (χ1v) is 7.61. The van der Waals surface area contributed by atoms with Crippen molar-refractivity contribution in [1.82, 2.24) is 0 Å². The number of para-hydroxylation sites is 1. The van der Waals surface area contributed by atoms with Crippen LogP contribution in [0.5, 0.6) is 5.75 Å². The highest BCUT2D eigenvalue weighted by molar-refractivity contribution is 7.91. The van der Waals surface area contributed by atoms with Gasteiger partial charge in [0.2, 0.25) is 0 Å². The largest absolute Gasteiger partial charge is 0.486 e. The van der Waals surface area contributed by atoms with E-state index in [0.29, 0.717) is 5.75 Å². The summed E-state index contributed by atoms with van der Waals surface area (Å²) in [7, 11) is -3.20. The summed E-state index contributed by atoms with van der Waals surface area (Å²) >= 11 is 0. The number of aliphatic hydroxyl groups excluding tert-OH is 1. The normalized spacial score (nSPS) is 27.9. The molecule has 0 radical (unpaired) electrons. The summed E-state index contributed by atoms with van der Waals surface area (Å²) in [6, 6.07) is 6.98. The maximum Gasteiger partial charge on any atom is 0.156 e. The predicted octanol–water partition coefficient (Wildman–Crippen LogP) is 0.243. The van der Waals surface area contributed by atoms with Crippen LogP contribution in [-0.2, 0) is 9.84 Å². The molecule has 18 heavy (non-hydrogen) atoms. The lowest BCUT2D eigenvalue weighted by Gasteiger charge is -2.19. The third-order valence-electron chi connectivity index (χ3n) is 2.96. The first kappa shape index (κ1) is 13.3. The van der Waals surface area contributed by atoms with E-state index in [1.165, 1.54) is 0 Å². The van der Waals surface area contributed by atoms with Gasteiger partial charge in [-0.05, 0) is 13.0 Å². The van der Waals surface area contributed by atoms with Gasteiger partial charge in [-0.2, -0.15) is 0 Å². The van der Waals surface area contributed by atoms with E-state index in [2.05, 4.69) is 0 Å². The molecule has 0 saturated carbocycles. The molecule has 1 saturated heterocycles. The fraction of sp³-hybridized carbons (Fsp3) is 0.500. The Kier molecular flexibility index (Phi) is 3.61. The van der Waals surface area contributed by atoms with Crippen molar-refractivity contribution in [3.05, 3.63) is 29.8 Å². The minimum absolute atomic E-state index is 0.151. The summed E-state index contributed by atoms with van der Waals surface area (Å²) in [5.74, 6) is 0.146. The summed E-state index contributed by atoms with van der Waals surface area (Å²) in [5.41, 5.74) is 6.62. The molecule has 5 nitrogen and oxygen atoms in total. The Bertz CT molecular complexity index is 527. The van der Waals surface area contributed by atoms with E-state index in [0.717, 1.165) is 5.56 Å². The lowest BCUT2D eigenvalue weighted by atomic mass is 10.1. The topological polar surface area (TPSA) is 89.6 Å². The molecule has 2 rings (SSSR count). The van der Waals surface area contributed by atoms with Crippen molar-refractivity contribution < 1.29 is 18.3 Å². The Morgan fingerprint density at radius 3 is 2.61 bits per heavy atom. The molecule has 1 fully saturated rings. The standard InChI is InChI=1S/C12H17NO4S/c1-8(13)9-4-2-3-5-11(9)17-12-7-18(15,16)6-10(12)14/h2-5,8,10,12,14H,6-7,13H2,1H3. The second-order valence-electron chi connectivity index (χ2n) is 4.63. The first-order valence-electron chi connectivity index (χ1n) is 5.79. The second kappa shape index (κ2) is 4.87. The van der Waals surface area contributed by atoms with Crippen LogP contribution in [0.4, 0.5) is 0 Å². The Hall–Kier alpha value is -1.11. The van der Waals surface area contributed by atoms with Gasteiger partial charge in [-0.1, -0.05) is 18.2 Å². The van der Waals surface area contributed by atoms with Gasteiger partial charge < -0.3 is 15.6 Å². The molecule has 1 aromatic carbocycles. The van der Waals surface area contributed by atoms with Crippen LogP contribution in [-0.4, -0.2) is 37.2 Å². The van der Waals surface area contributed by atoms with Gasteiger partial charge in [0.25, 0.3) is 0 Å². The zero-order chi connectivity index (χ0) is 13.3. The molecule has 1 aliphatic rings. The maximum absolute atomic E-state index is 11.4. The smallest absolute Gasteiger partial charge is 0.156 e. The average molecular weight is 271 g/mol. The van der Waals surface area contributed by atoms with Crippen molar-refractivity contribution in [2.75, 3.05) is 11.5 Å². The van der Waals surface area contributed by atoms with E-state index in [4.69, 9.17) is 10.5 Å². The summed E-state index contributed by atoms with van der Waals surface area (Å²) in [4.78, 5) is 0. The molecule has 0 amide bonds. The number of aliphatic hydroxyl groups is 1. The molecule has 1 aliphatic heterocycles. The third-order valence-corrected chi connectivity index (χ3v) is 4.65. The van der Waals surface area contributed by atoms with Gasteiger partial charge in [0.05, 0.1) is 11.5 Å². The monoisotopic (exact) mass is 271 g/mol. The molecule has 1 aromatic rings. The van der Waals surface area contributed by atoms with E-state index < -0.39 is 22.0 Å². The lowest BCUT2D eigenvalue weighted by Crippen LogP contribution is -2.30. The highest BCUT2D eigenvalue weighted by atomic mass is 32.2. The van der Waals surface area contributed by atoms with Gasteiger partial charge in [0.15, 0.2) is 9.84 Å². The van der Waals surface area contributed by atoms with Crippen molar-refractivity contribution in [3.63, 3.8) is 0 Å². The van der Waals surface area contributed by atoms with E-state index in [1.807, 2.05) is 19.1 Å². The quantitative estimate of drug-likeness (QED) is 0.822. The van der Waals surface area contributed by atoms with E-state index in [-0.39, 0.29) is 17.5 Å². The predicted molar refractivity (Wildman–Crippen MR) is 68.1 cm³/mol. The van der Waals surface area contributed by atoms with Crippen molar-refractivity contribution in [3.8, 4) is 5.75 Å². The zero-order valence-electron chi connectivity index (χ0n) is 10.1. The molecular weight excluding hydrogens is 254 g/mol. The number of rotatable bonds is 3. The van der Waals surface area contributed by atoms with Crippen LogP contribution in [0, 0.1) is 0 Å². The van der Waals surface area contributed by atoms with Crippen LogP contribution < -0.4 is 10.5 Å². The molecule has 1 heterocycles. The Balaban J connectivity index is 2.20.